The van der Waals surface area contributed by atoms with Crippen LogP contribution in [0.5, 0.6) is 5.75 Å². The lowest BCUT2D eigenvalue weighted by molar-refractivity contribution is -0.121. The van der Waals surface area contributed by atoms with Crippen molar-refractivity contribution in [2.24, 2.45) is 5.92 Å². The first kappa shape index (κ1) is 20.0. The van der Waals surface area contributed by atoms with Crippen molar-refractivity contribution in [1.29, 1.82) is 0 Å². The number of para-hydroxylation sites is 2. The third-order valence-corrected chi connectivity index (χ3v) is 3.51. The Morgan fingerprint density at radius 3 is 2.42 bits per heavy atom. The second kappa shape index (κ2) is 9.96. The summed E-state index contributed by atoms with van der Waals surface area (Å²) < 4.78 is 5.78. The maximum absolute atomic E-state index is 12.0. The van der Waals surface area contributed by atoms with E-state index in [1.54, 1.807) is 4.90 Å². The Morgan fingerprint density at radius 1 is 1.17 bits per heavy atom. The fourth-order valence-electron chi connectivity index (χ4n) is 2.28. The molecule has 5 heteroatoms. The molecule has 0 aromatic heterocycles. The summed E-state index contributed by atoms with van der Waals surface area (Å²) in [6, 6.07) is 7.42. The van der Waals surface area contributed by atoms with Crippen LogP contribution in [-0.4, -0.2) is 31.0 Å². The zero-order valence-corrected chi connectivity index (χ0v) is 15.5. The SMILES string of the molecule is CC(=O)N(CCC(=O)NCCC(C)C)c1ccccc1OC(C)C. The molecule has 1 aromatic rings. The minimum Gasteiger partial charge on any atom is -0.489 e. The van der Waals surface area contributed by atoms with Crippen LogP contribution in [0.1, 0.15) is 47.5 Å². The maximum atomic E-state index is 12.0. The number of nitrogens with zero attached hydrogens (tertiary/aromatic N) is 1. The second-order valence-corrected chi connectivity index (χ2v) is 6.59. The number of carbonyl (C=O) groups is 2. The van der Waals surface area contributed by atoms with Gasteiger partial charge in [0.1, 0.15) is 5.75 Å². The summed E-state index contributed by atoms with van der Waals surface area (Å²) in [5.74, 6) is 1.07. The van der Waals surface area contributed by atoms with Crippen LogP contribution in [0.4, 0.5) is 5.69 Å². The van der Waals surface area contributed by atoms with Gasteiger partial charge in [-0.25, -0.2) is 0 Å². The predicted octanol–water partition coefficient (Wildman–Crippen LogP) is 3.38. The van der Waals surface area contributed by atoms with Crippen molar-refractivity contribution in [3.63, 3.8) is 0 Å². The second-order valence-electron chi connectivity index (χ2n) is 6.59. The molecule has 0 bridgehead atoms. The number of nitrogens with one attached hydrogen (secondary N) is 1. The minimum atomic E-state index is -0.107. The average Bonchev–Trinajstić information content (AvgIpc) is 2.47. The lowest BCUT2D eigenvalue weighted by atomic mass is 10.1. The zero-order chi connectivity index (χ0) is 18.1. The molecule has 1 N–H and O–H groups in total. The molecule has 2 amide bonds. The minimum absolute atomic E-state index is 0.0132. The standard InChI is InChI=1S/C19H30N2O3/c1-14(2)10-12-20-19(23)11-13-21(16(5)22)17-8-6-7-9-18(17)24-15(3)4/h6-9,14-15H,10-13H2,1-5H3,(H,20,23). The number of benzene rings is 1. The van der Waals surface area contributed by atoms with E-state index in [1.807, 2.05) is 38.1 Å². The Hall–Kier alpha value is -2.04. The molecule has 0 unspecified atom stereocenters. The number of hydrogen-bond donors (Lipinski definition) is 1. The molecule has 0 heterocycles. The van der Waals surface area contributed by atoms with Gasteiger partial charge in [-0.05, 0) is 38.3 Å². The van der Waals surface area contributed by atoms with Crippen LogP contribution in [0.25, 0.3) is 0 Å². The molecule has 0 aliphatic carbocycles. The Bertz CT molecular complexity index is 541. The molecule has 0 aliphatic heterocycles. The monoisotopic (exact) mass is 334 g/mol. The van der Waals surface area contributed by atoms with Crippen LogP contribution in [0.3, 0.4) is 0 Å². The maximum Gasteiger partial charge on any atom is 0.223 e. The van der Waals surface area contributed by atoms with Crippen LogP contribution in [-0.2, 0) is 9.59 Å². The van der Waals surface area contributed by atoms with Crippen LogP contribution in [0.15, 0.2) is 24.3 Å². The van der Waals surface area contributed by atoms with Gasteiger partial charge in [-0.2, -0.15) is 0 Å². The number of anilines is 1. The third kappa shape index (κ3) is 7.02. The van der Waals surface area contributed by atoms with Crippen molar-refractivity contribution in [2.45, 2.75) is 53.6 Å². The summed E-state index contributed by atoms with van der Waals surface area (Å²) in [6.07, 6.45) is 1.24. The third-order valence-electron chi connectivity index (χ3n) is 3.51. The van der Waals surface area contributed by atoms with Crippen molar-refractivity contribution in [1.82, 2.24) is 5.32 Å². The van der Waals surface area contributed by atoms with Crippen molar-refractivity contribution in [2.75, 3.05) is 18.0 Å². The number of hydrogen-bond acceptors (Lipinski definition) is 3. The molecule has 0 spiro atoms. The van der Waals surface area contributed by atoms with Gasteiger partial charge in [-0.3, -0.25) is 9.59 Å². The fourth-order valence-corrected chi connectivity index (χ4v) is 2.28. The molecule has 134 valence electrons. The predicted molar refractivity (Wildman–Crippen MR) is 97.3 cm³/mol. The Morgan fingerprint density at radius 2 is 1.83 bits per heavy atom. The highest BCUT2D eigenvalue weighted by Gasteiger charge is 2.17. The highest BCUT2D eigenvalue weighted by molar-refractivity contribution is 5.93. The van der Waals surface area contributed by atoms with Gasteiger partial charge in [0, 0.05) is 26.4 Å². The lowest BCUT2D eigenvalue weighted by Crippen LogP contribution is -2.34. The van der Waals surface area contributed by atoms with Crippen LogP contribution in [0.2, 0.25) is 0 Å². The molecular weight excluding hydrogens is 304 g/mol. The molecular formula is C19H30N2O3. The zero-order valence-electron chi connectivity index (χ0n) is 15.5. The van der Waals surface area contributed by atoms with Crippen molar-refractivity contribution < 1.29 is 14.3 Å². The topological polar surface area (TPSA) is 58.6 Å². The molecule has 0 fully saturated rings. The van der Waals surface area contributed by atoms with Gasteiger partial charge >= 0.3 is 0 Å². The van der Waals surface area contributed by atoms with Gasteiger partial charge in [0.25, 0.3) is 0 Å². The molecule has 0 radical (unpaired) electrons. The molecule has 24 heavy (non-hydrogen) atoms. The molecule has 0 saturated heterocycles. The van der Waals surface area contributed by atoms with Gasteiger partial charge < -0.3 is 15.0 Å². The van der Waals surface area contributed by atoms with Gasteiger partial charge in [0.15, 0.2) is 0 Å². The van der Waals surface area contributed by atoms with E-state index in [9.17, 15) is 9.59 Å². The van der Waals surface area contributed by atoms with E-state index in [0.29, 0.717) is 30.4 Å². The first-order valence-electron chi connectivity index (χ1n) is 8.61. The largest absolute Gasteiger partial charge is 0.489 e. The summed E-state index contributed by atoms with van der Waals surface area (Å²) in [4.78, 5) is 25.6. The number of ether oxygens (including phenoxy) is 1. The van der Waals surface area contributed by atoms with E-state index in [2.05, 4.69) is 19.2 Å². The van der Waals surface area contributed by atoms with Crippen LogP contribution in [0, 0.1) is 5.92 Å². The van der Waals surface area contributed by atoms with Gasteiger partial charge in [0.2, 0.25) is 11.8 Å². The van der Waals surface area contributed by atoms with Crippen LogP contribution < -0.4 is 15.0 Å². The summed E-state index contributed by atoms with van der Waals surface area (Å²) in [5, 5.41) is 2.90. The van der Waals surface area contributed by atoms with E-state index < -0.39 is 0 Å². The molecule has 0 aliphatic rings. The van der Waals surface area contributed by atoms with Gasteiger partial charge in [-0.1, -0.05) is 26.0 Å². The normalized spacial score (nSPS) is 10.8. The van der Waals surface area contributed by atoms with E-state index in [0.717, 1.165) is 6.42 Å². The van der Waals surface area contributed by atoms with E-state index >= 15 is 0 Å². The Balaban J connectivity index is 2.71. The molecule has 1 rings (SSSR count). The quantitative estimate of drug-likeness (QED) is 0.753. The van der Waals surface area contributed by atoms with E-state index in [4.69, 9.17) is 4.74 Å². The van der Waals surface area contributed by atoms with Crippen molar-refractivity contribution in [3.05, 3.63) is 24.3 Å². The fraction of sp³-hybridized carbons (Fsp3) is 0.579. The molecule has 1 aromatic carbocycles. The summed E-state index contributed by atoms with van der Waals surface area (Å²) in [7, 11) is 0. The van der Waals surface area contributed by atoms with Crippen LogP contribution >= 0.6 is 0 Å². The molecule has 0 atom stereocenters. The van der Waals surface area contributed by atoms with E-state index in [1.165, 1.54) is 6.92 Å². The van der Waals surface area contributed by atoms with Gasteiger partial charge in [0.05, 0.1) is 11.8 Å². The average molecular weight is 334 g/mol. The van der Waals surface area contributed by atoms with Gasteiger partial charge in [-0.15, -0.1) is 0 Å². The van der Waals surface area contributed by atoms with Crippen molar-refractivity contribution in [3.8, 4) is 5.75 Å². The molecule has 5 nitrogen and oxygen atoms in total. The highest BCUT2D eigenvalue weighted by Crippen LogP contribution is 2.29. The first-order valence-corrected chi connectivity index (χ1v) is 8.61. The smallest absolute Gasteiger partial charge is 0.223 e. The number of amides is 2. The molecule has 0 saturated carbocycles. The summed E-state index contributed by atoms with van der Waals surface area (Å²) >= 11 is 0. The summed E-state index contributed by atoms with van der Waals surface area (Å²) in [6.45, 7) is 10.6. The Kier molecular flexibility index (Phi) is 8.30. The number of rotatable bonds is 9. The first-order chi connectivity index (χ1) is 11.3. The van der Waals surface area contributed by atoms with Crippen molar-refractivity contribution >= 4 is 17.5 Å². The van der Waals surface area contributed by atoms with E-state index in [-0.39, 0.29) is 24.3 Å². The number of carbonyl (C=O) groups excluding carboxylic acids is 2. The summed E-state index contributed by atoms with van der Waals surface area (Å²) in [5.41, 5.74) is 0.702. The Labute approximate surface area is 145 Å². The lowest BCUT2D eigenvalue weighted by Gasteiger charge is -2.24. The highest BCUT2D eigenvalue weighted by atomic mass is 16.5.